The highest BCUT2D eigenvalue weighted by atomic mass is 35.5. The van der Waals surface area contributed by atoms with Gasteiger partial charge in [0.15, 0.2) is 0 Å². The van der Waals surface area contributed by atoms with Crippen LogP contribution in [0.4, 0.5) is 0 Å². The maximum absolute atomic E-state index is 5.92. The second kappa shape index (κ2) is 17.6. The van der Waals surface area contributed by atoms with Crippen molar-refractivity contribution in [1.29, 1.82) is 0 Å². The summed E-state index contributed by atoms with van der Waals surface area (Å²) >= 11 is 11.4. The average molecular weight is 327 g/mol. The van der Waals surface area contributed by atoms with Gasteiger partial charge in [-0.05, 0) is 6.42 Å². The Balaban J connectivity index is 3.28. The Labute approximate surface area is 135 Å². The van der Waals surface area contributed by atoms with Crippen molar-refractivity contribution in [2.24, 2.45) is 0 Å². The van der Waals surface area contributed by atoms with Gasteiger partial charge in [-0.3, -0.25) is 0 Å². The molecule has 0 aliphatic rings. The minimum absolute atomic E-state index is 0.177. The van der Waals surface area contributed by atoms with E-state index in [9.17, 15) is 0 Å². The summed E-state index contributed by atoms with van der Waals surface area (Å²) in [4.78, 5) is 0. The van der Waals surface area contributed by atoms with Crippen molar-refractivity contribution in [1.82, 2.24) is 0 Å². The summed E-state index contributed by atoms with van der Waals surface area (Å²) in [5.41, 5.74) is 0. The van der Waals surface area contributed by atoms with Crippen LogP contribution in [0.1, 0.15) is 64.7 Å². The predicted octanol–water partition coefficient (Wildman–Crippen LogP) is 5.40. The molecule has 1 atom stereocenters. The zero-order valence-corrected chi connectivity index (χ0v) is 14.6. The van der Waals surface area contributed by atoms with Crippen LogP contribution in [0, 0.1) is 0 Å². The van der Waals surface area contributed by atoms with Crippen LogP contribution in [0.25, 0.3) is 0 Å². The highest BCUT2D eigenvalue weighted by molar-refractivity contribution is 6.18. The van der Waals surface area contributed by atoms with E-state index in [2.05, 4.69) is 6.92 Å². The zero-order chi connectivity index (χ0) is 14.9. The van der Waals surface area contributed by atoms with Gasteiger partial charge in [0.1, 0.15) is 0 Å². The van der Waals surface area contributed by atoms with Gasteiger partial charge in [0.2, 0.25) is 0 Å². The summed E-state index contributed by atoms with van der Waals surface area (Å²) in [5, 5.41) is 0. The van der Waals surface area contributed by atoms with E-state index in [-0.39, 0.29) is 6.10 Å². The normalized spacial score (nSPS) is 12.8. The third kappa shape index (κ3) is 14.9. The molecule has 0 fully saturated rings. The number of hydrogen-bond acceptors (Lipinski definition) is 2. The van der Waals surface area contributed by atoms with Crippen LogP contribution in [-0.4, -0.2) is 37.7 Å². The van der Waals surface area contributed by atoms with E-state index in [1.807, 2.05) is 0 Å². The van der Waals surface area contributed by atoms with Crippen LogP contribution in [-0.2, 0) is 9.47 Å². The van der Waals surface area contributed by atoms with Crippen LogP contribution in [0.5, 0.6) is 0 Å². The van der Waals surface area contributed by atoms with Gasteiger partial charge in [0, 0.05) is 11.8 Å². The Bertz CT molecular complexity index is 180. The fraction of sp³-hybridized carbons (Fsp3) is 1.00. The molecule has 0 aliphatic carbocycles. The van der Waals surface area contributed by atoms with E-state index in [1.165, 1.54) is 51.4 Å². The molecule has 0 aromatic rings. The summed E-state index contributed by atoms with van der Waals surface area (Å²) in [6.07, 6.45) is 12.0. The maximum Gasteiger partial charge on any atom is 0.0711 e. The first-order chi connectivity index (χ1) is 9.85. The first-order valence-corrected chi connectivity index (χ1v) is 9.23. The van der Waals surface area contributed by atoms with Crippen molar-refractivity contribution < 1.29 is 9.47 Å². The molecule has 0 aliphatic heterocycles. The molecule has 0 aromatic heterocycles. The molecule has 2 nitrogen and oxygen atoms in total. The fourth-order valence-corrected chi connectivity index (χ4v) is 2.49. The number of hydrogen-bond donors (Lipinski definition) is 0. The zero-order valence-electron chi connectivity index (χ0n) is 13.0. The lowest BCUT2D eigenvalue weighted by molar-refractivity contribution is 0.0131. The molecule has 0 spiro atoms. The van der Waals surface area contributed by atoms with E-state index < -0.39 is 0 Å². The first kappa shape index (κ1) is 20.5. The fourth-order valence-electron chi connectivity index (χ4n) is 2.14. The largest absolute Gasteiger partial charge is 0.378 e. The van der Waals surface area contributed by atoms with Gasteiger partial charge in [-0.25, -0.2) is 0 Å². The molecule has 0 N–H and O–H groups in total. The molecule has 0 heterocycles. The molecule has 0 amide bonds. The summed E-state index contributed by atoms with van der Waals surface area (Å²) in [6.45, 7) is 4.07. The maximum atomic E-state index is 5.92. The summed E-state index contributed by atoms with van der Waals surface area (Å²) in [7, 11) is 0. The average Bonchev–Trinajstić information content (AvgIpc) is 2.47. The van der Waals surface area contributed by atoms with Gasteiger partial charge in [-0.1, -0.05) is 58.3 Å². The third-order valence-corrected chi connectivity index (χ3v) is 3.85. The Morgan fingerprint density at radius 3 is 2.05 bits per heavy atom. The molecule has 20 heavy (non-hydrogen) atoms. The smallest absolute Gasteiger partial charge is 0.0711 e. The Morgan fingerprint density at radius 2 is 1.45 bits per heavy atom. The first-order valence-electron chi connectivity index (χ1n) is 8.16. The van der Waals surface area contributed by atoms with Gasteiger partial charge >= 0.3 is 0 Å². The Morgan fingerprint density at radius 1 is 0.800 bits per heavy atom. The lowest BCUT2D eigenvalue weighted by atomic mass is 10.1. The van der Waals surface area contributed by atoms with E-state index in [0.717, 1.165) is 6.42 Å². The number of rotatable bonds is 16. The van der Waals surface area contributed by atoms with Crippen molar-refractivity contribution in [2.75, 3.05) is 31.6 Å². The van der Waals surface area contributed by atoms with Gasteiger partial charge in [-0.2, -0.15) is 0 Å². The molecule has 0 bridgehead atoms. The summed E-state index contributed by atoms with van der Waals surface area (Å²) in [6, 6.07) is 0. The van der Waals surface area contributed by atoms with Gasteiger partial charge in [0.25, 0.3) is 0 Å². The van der Waals surface area contributed by atoms with E-state index in [4.69, 9.17) is 32.7 Å². The SMILES string of the molecule is CCCCCCCCCC[C@H](CCl)OCCOCCCl. The monoisotopic (exact) mass is 326 g/mol. The van der Waals surface area contributed by atoms with Crippen LogP contribution in [0.15, 0.2) is 0 Å². The molecular weight excluding hydrogens is 295 g/mol. The summed E-state index contributed by atoms with van der Waals surface area (Å²) in [5.74, 6) is 1.11. The highest BCUT2D eigenvalue weighted by Gasteiger charge is 2.07. The predicted molar refractivity (Wildman–Crippen MR) is 89.2 cm³/mol. The van der Waals surface area contributed by atoms with Gasteiger partial charge in [-0.15, -0.1) is 23.2 Å². The van der Waals surface area contributed by atoms with Crippen molar-refractivity contribution in [3.63, 3.8) is 0 Å². The van der Waals surface area contributed by atoms with E-state index >= 15 is 0 Å². The molecule has 0 unspecified atom stereocenters. The second-order valence-corrected chi connectivity index (χ2v) is 5.90. The van der Waals surface area contributed by atoms with Gasteiger partial charge in [0.05, 0.1) is 25.9 Å². The van der Waals surface area contributed by atoms with Crippen molar-refractivity contribution >= 4 is 23.2 Å². The molecule has 122 valence electrons. The number of alkyl halides is 2. The van der Waals surface area contributed by atoms with E-state index in [1.54, 1.807) is 0 Å². The van der Waals surface area contributed by atoms with Gasteiger partial charge < -0.3 is 9.47 Å². The third-order valence-electron chi connectivity index (χ3n) is 3.35. The molecule has 0 aromatic carbocycles. The van der Waals surface area contributed by atoms with Crippen molar-refractivity contribution in [3.8, 4) is 0 Å². The minimum Gasteiger partial charge on any atom is -0.378 e. The molecule has 0 radical (unpaired) electrons. The van der Waals surface area contributed by atoms with Crippen LogP contribution >= 0.6 is 23.2 Å². The molecular formula is C16H32Cl2O2. The van der Waals surface area contributed by atoms with Crippen molar-refractivity contribution in [2.45, 2.75) is 70.8 Å². The standard InChI is InChI=1S/C16H32Cl2O2/c1-2-3-4-5-6-7-8-9-10-16(15-18)20-14-13-19-12-11-17/h16H,2-15H2,1H3/t16-/m1/s1. The van der Waals surface area contributed by atoms with E-state index in [0.29, 0.717) is 31.6 Å². The number of halogens is 2. The summed E-state index contributed by atoms with van der Waals surface area (Å²) < 4.78 is 11.0. The Kier molecular flexibility index (Phi) is 18.0. The molecule has 4 heteroatoms. The molecule has 0 saturated heterocycles. The number of unbranched alkanes of at least 4 members (excludes halogenated alkanes) is 7. The van der Waals surface area contributed by atoms with Crippen LogP contribution in [0.3, 0.4) is 0 Å². The molecule has 0 rings (SSSR count). The Hall–Kier alpha value is 0.500. The highest BCUT2D eigenvalue weighted by Crippen LogP contribution is 2.12. The number of ether oxygens (including phenoxy) is 2. The topological polar surface area (TPSA) is 18.5 Å². The minimum atomic E-state index is 0.177. The lowest BCUT2D eigenvalue weighted by Gasteiger charge is -2.15. The second-order valence-electron chi connectivity index (χ2n) is 5.21. The van der Waals surface area contributed by atoms with Crippen LogP contribution < -0.4 is 0 Å². The lowest BCUT2D eigenvalue weighted by Crippen LogP contribution is -2.18. The molecule has 0 saturated carbocycles. The van der Waals surface area contributed by atoms with Crippen LogP contribution in [0.2, 0.25) is 0 Å². The quantitative estimate of drug-likeness (QED) is 0.279. The van der Waals surface area contributed by atoms with Crippen molar-refractivity contribution in [3.05, 3.63) is 0 Å².